The van der Waals surface area contributed by atoms with E-state index in [4.69, 9.17) is 0 Å². The largest absolute Gasteiger partial charge is 0.306 e. The SMILES string of the molecule is O=C1CN(CCC2=CCCCC2)[C@H]2CS(=O)(=O)C[C@H]2N1c1ccccc1. The maximum atomic E-state index is 12.9. The normalized spacial score (nSPS) is 28.7. The fourth-order valence-corrected chi connectivity index (χ4v) is 6.53. The Labute approximate surface area is 155 Å². The fourth-order valence-electron chi connectivity index (χ4n) is 4.55. The Morgan fingerprint density at radius 1 is 1.04 bits per heavy atom. The van der Waals surface area contributed by atoms with Crippen molar-refractivity contribution in [2.24, 2.45) is 0 Å². The summed E-state index contributed by atoms with van der Waals surface area (Å²) in [4.78, 5) is 16.7. The van der Waals surface area contributed by atoms with Crippen molar-refractivity contribution in [2.75, 3.05) is 29.5 Å². The van der Waals surface area contributed by atoms with Crippen LogP contribution in [0.25, 0.3) is 0 Å². The highest BCUT2D eigenvalue weighted by atomic mass is 32.2. The van der Waals surface area contributed by atoms with Gasteiger partial charge in [0.1, 0.15) is 0 Å². The molecule has 2 atom stereocenters. The molecule has 26 heavy (non-hydrogen) atoms. The van der Waals surface area contributed by atoms with Gasteiger partial charge < -0.3 is 4.90 Å². The molecule has 0 spiro atoms. The average Bonchev–Trinajstić information content (AvgIpc) is 2.96. The second kappa shape index (κ2) is 7.16. The molecule has 0 N–H and O–H groups in total. The van der Waals surface area contributed by atoms with Crippen LogP contribution in [0.5, 0.6) is 0 Å². The van der Waals surface area contributed by atoms with Crippen LogP contribution in [0, 0.1) is 0 Å². The lowest BCUT2D eigenvalue weighted by atomic mass is 9.96. The van der Waals surface area contributed by atoms with Crippen molar-refractivity contribution in [3.05, 3.63) is 42.0 Å². The lowest BCUT2D eigenvalue weighted by Gasteiger charge is -2.43. The zero-order chi connectivity index (χ0) is 18.1. The monoisotopic (exact) mass is 374 g/mol. The molecule has 2 saturated heterocycles. The molecule has 0 aromatic heterocycles. The molecule has 2 fully saturated rings. The molecule has 6 heteroatoms. The molecule has 3 aliphatic rings. The molecule has 0 saturated carbocycles. The van der Waals surface area contributed by atoms with Crippen molar-refractivity contribution in [1.29, 1.82) is 0 Å². The van der Waals surface area contributed by atoms with Gasteiger partial charge in [0.25, 0.3) is 0 Å². The summed E-state index contributed by atoms with van der Waals surface area (Å²) in [6.07, 6.45) is 8.07. The summed E-state index contributed by atoms with van der Waals surface area (Å²) >= 11 is 0. The molecule has 5 nitrogen and oxygen atoms in total. The second-order valence-corrected chi connectivity index (χ2v) is 9.79. The molecule has 1 aromatic rings. The van der Waals surface area contributed by atoms with Gasteiger partial charge in [-0.1, -0.05) is 29.8 Å². The quantitative estimate of drug-likeness (QED) is 0.760. The minimum absolute atomic E-state index is 0.00664. The summed E-state index contributed by atoms with van der Waals surface area (Å²) in [6, 6.07) is 9.10. The van der Waals surface area contributed by atoms with Crippen LogP contribution in [0.2, 0.25) is 0 Å². The number of carbonyl (C=O) groups excluding carboxylic acids is 1. The van der Waals surface area contributed by atoms with Gasteiger partial charge in [0, 0.05) is 18.3 Å². The van der Waals surface area contributed by atoms with Gasteiger partial charge in [-0.3, -0.25) is 9.69 Å². The molecular weight excluding hydrogens is 348 g/mol. The third kappa shape index (κ3) is 3.58. The van der Waals surface area contributed by atoms with Gasteiger partial charge in [0.2, 0.25) is 5.91 Å². The second-order valence-electron chi connectivity index (χ2n) is 7.64. The van der Waals surface area contributed by atoms with Gasteiger partial charge in [-0.2, -0.15) is 0 Å². The first-order chi connectivity index (χ1) is 12.5. The number of rotatable bonds is 4. The van der Waals surface area contributed by atoms with Gasteiger partial charge in [-0.15, -0.1) is 0 Å². The number of benzene rings is 1. The summed E-state index contributed by atoms with van der Waals surface area (Å²) in [5, 5.41) is 0. The molecule has 140 valence electrons. The van der Waals surface area contributed by atoms with E-state index in [-0.39, 0.29) is 29.5 Å². The standard InChI is InChI=1S/C20H26N2O3S/c23-20-13-21(12-11-16-7-3-1-4-8-16)18-14-26(24,25)15-19(18)22(20)17-9-5-2-6-10-17/h2,5-7,9-10,18-19H,1,3-4,8,11-15H2/t18-,19+/m0/s1. The van der Waals surface area contributed by atoms with Crippen LogP contribution in [0.1, 0.15) is 32.1 Å². The number of carbonyl (C=O) groups is 1. The number of piperazine rings is 1. The summed E-state index contributed by atoms with van der Waals surface area (Å²) in [7, 11) is -3.12. The number of allylic oxidation sites excluding steroid dienone is 1. The van der Waals surface area contributed by atoms with Crippen LogP contribution in [0.4, 0.5) is 5.69 Å². The predicted octanol–water partition coefficient (Wildman–Crippen LogP) is 2.39. The molecule has 0 bridgehead atoms. The molecule has 1 aromatic carbocycles. The molecule has 0 radical (unpaired) electrons. The number of fused-ring (bicyclic) bond motifs is 1. The minimum Gasteiger partial charge on any atom is -0.306 e. The summed E-state index contributed by atoms with van der Waals surface area (Å²) in [5.74, 6) is 0.234. The molecule has 1 aliphatic carbocycles. The van der Waals surface area contributed by atoms with Crippen molar-refractivity contribution in [3.8, 4) is 0 Å². The van der Waals surface area contributed by atoms with Gasteiger partial charge in [-0.25, -0.2) is 8.42 Å². The van der Waals surface area contributed by atoms with Crippen LogP contribution in [-0.4, -0.2) is 55.9 Å². The third-order valence-electron chi connectivity index (χ3n) is 5.84. The van der Waals surface area contributed by atoms with Gasteiger partial charge in [0.15, 0.2) is 9.84 Å². The first-order valence-electron chi connectivity index (χ1n) is 9.53. The van der Waals surface area contributed by atoms with E-state index in [0.717, 1.165) is 31.5 Å². The molecule has 2 aliphatic heterocycles. The van der Waals surface area contributed by atoms with Gasteiger partial charge in [0.05, 0.1) is 24.1 Å². The molecule has 2 heterocycles. The number of hydrogen-bond donors (Lipinski definition) is 0. The number of amides is 1. The van der Waals surface area contributed by atoms with Gasteiger partial charge >= 0.3 is 0 Å². The van der Waals surface area contributed by atoms with Crippen LogP contribution in [-0.2, 0) is 14.6 Å². The van der Waals surface area contributed by atoms with E-state index in [2.05, 4.69) is 11.0 Å². The van der Waals surface area contributed by atoms with Crippen molar-refractivity contribution in [2.45, 2.75) is 44.2 Å². The summed E-state index contributed by atoms with van der Waals surface area (Å²) in [6.45, 7) is 1.08. The maximum Gasteiger partial charge on any atom is 0.241 e. The van der Waals surface area contributed by atoms with E-state index < -0.39 is 9.84 Å². The third-order valence-corrected chi connectivity index (χ3v) is 7.54. The fraction of sp³-hybridized carbons (Fsp3) is 0.550. The Kier molecular flexibility index (Phi) is 4.88. The molecule has 4 rings (SSSR count). The van der Waals surface area contributed by atoms with Crippen LogP contribution < -0.4 is 4.90 Å². The zero-order valence-electron chi connectivity index (χ0n) is 15.0. The zero-order valence-corrected chi connectivity index (χ0v) is 15.8. The highest BCUT2D eigenvalue weighted by Gasteiger charge is 2.49. The Morgan fingerprint density at radius 2 is 1.81 bits per heavy atom. The number of anilines is 1. The van der Waals surface area contributed by atoms with Crippen molar-refractivity contribution >= 4 is 21.4 Å². The highest BCUT2D eigenvalue weighted by Crippen LogP contribution is 2.32. The molecule has 1 amide bonds. The summed E-state index contributed by atoms with van der Waals surface area (Å²) < 4.78 is 24.7. The maximum absolute atomic E-state index is 12.9. The smallest absolute Gasteiger partial charge is 0.241 e. The van der Waals surface area contributed by atoms with E-state index in [9.17, 15) is 13.2 Å². The van der Waals surface area contributed by atoms with E-state index in [1.807, 2.05) is 30.3 Å². The number of para-hydroxylation sites is 1. The number of nitrogens with zero attached hydrogens (tertiary/aromatic N) is 2. The molecular formula is C20H26N2O3S. The lowest BCUT2D eigenvalue weighted by molar-refractivity contribution is -0.123. The average molecular weight is 375 g/mol. The van der Waals surface area contributed by atoms with Gasteiger partial charge in [-0.05, 0) is 44.2 Å². The first-order valence-corrected chi connectivity index (χ1v) is 11.4. The highest BCUT2D eigenvalue weighted by molar-refractivity contribution is 7.91. The molecule has 0 unspecified atom stereocenters. The Morgan fingerprint density at radius 3 is 2.54 bits per heavy atom. The first kappa shape index (κ1) is 17.7. The van der Waals surface area contributed by atoms with E-state index in [1.165, 1.54) is 18.4 Å². The Bertz CT molecular complexity index is 804. The van der Waals surface area contributed by atoms with E-state index >= 15 is 0 Å². The van der Waals surface area contributed by atoms with E-state index in [0.29, 0.717) is 6.54 Å². The number of sulfone groups is 1. The lowest BCUT2D eigenvalue weighted by Crippen LogP contribution is -2.62. The van der Waals surface area contributed by atoms with Crippen molar-refractivity contribution in [3.63, 3.8) is 0 Å². The predicted molar refractivity (Wildman–Crippen MR) is 103 cm³/mol. The van der Waals surface area contributed by atoms with Crippen molar-refractivity contribution < 1.29 is 13.2 Å². The summed E-state index contributed by atoms with van der Waals surface area (Å²) in [5.41, 5.74) is 2.27. The Hall–Kier alpha value is -1.66. The van der Waals surface area contributed by atoms with Crippen molar-refractivity contribution in [1.82, 2.24) is 4.90 Å². The Balaban J connectivity index is 1.55. The van der Waals surface area contributed by atoms with Crippen LogP contribution in [0.3, 0.4) is 0 Å². The van der Waals surface area contributed by atoms with E-state index in [1.54, 1.807) is 4.90 Å². The number of hydrogen-bond acceptors (Lipinski definition) is 4. The topological polar surface area (TPSA) is 57.7 Å². The van der Waals surface area contributed by atoms with Crippen LogP contribution >= 0.6 is 0 Å². The minimum atomic E-state index is -3.12. The van der Waals surface area contributed by atoms with Crippen LogP contribution in [0.15, 0.2) is 42.0 Å².